The number of anilines is 3. The number of nitrogen functional groups attached to an aromatic ring is 1. The van der Waals surface area contributed by atoms with Crippen molar-refractivity contribution >= 4 is 44.9 Å². The summed E-state index contributed by atoms with van der Waals surface area (Å²) >= 11 is 9.43. The molecular weight excluding hydrogens is 348 g/mol. The monoisotopic (exact) mass is 358 g/mol. The van der Waals surface area contributed by atoms with Gasteiger partial charge in [-0.1, -0.05) is 11.6 Å². The Labute approximate surface area is 129 Å². The highest BCUT2D eigenvalue weighted by atomic mass is 79.9. The minimum atomic E-state index is 0.334. The quantitative estimate of drug-likeness (QED) is 0.872. The molecule has 0 bridgehead atoms. The number of ether oxygens (including phenoxy) is 2. The summed E-state index contributed by atoms with van der Waals surface area (Å²) in [5.74, 6) is 1.93. The highest BCUT2D eigenvalue weighted by molar-refractivity contribution is 9.10. The van der Waals surface area contributed by atoms with Crippen LogP contribution < -0.4 is 20.5 Å². The zero-order chi connectivity index (χ0) is 14.7. The lowest BCUT2D eigenvalue weighted by atomic mass is 10.2. The summed E-state index contributed by atoms with van der Waals surface area (Å²) in [6.45, 7) is 0. The van der Waals surface area contributed by atoms with Gasteiger partial charge in [0.2, 0.25) is 0 Å². The molecule has 3 N–H and O–H groups in total. The van der Waals surface area contributed by atoms with Crippen LogP contribution in [0.2, 0.25) is 5.02 Å². The number of nitrogens with zero attached hydrogens (tertiary/aromatic N) is 2. The molecule has 0 saturated heterocycles. The Hall–Kier alpha value is -1.73. The first kappa shape index (κ1) is 14.7. The van der Waals surface area contributed by atoms with Crippen LogP contribution in [0.15, 0.2) is 22.9 Å². The number of methoxy groups -OCH3 is 2. The van der Waals surface area contributed by atoms with Crippen molar-refractivity contribution in [2.24, 2.45) is 0 Å². The molecule has 106 valence electrons. The number of halogens is 2. The van der Waals surface area contributed by atoms with Gasteiger partial charge in [-0.2, -0.15) is 0 Å². The van der Waals surface area contributed by atoms with E-state index in [0.717, 1.165) is 0 Å². The molecule has 1 heterocycles. The SMILES string of the molecule is COc1cc(OC)c(Nc2ncnc(N)c2Br)cc1Cl. The lowest BCUT2D eigenvalue weighted by molar-refractivity contribution is 0.396. The van der Waals surface area contributed by atoms with Crippen molar-refractivity contribution < 1.29 is 9.47 Å². The lowest BCUT2D eigenvalue weighted by Crippen LogP contribution is -2.01. The molecule has 0 aliphatic carbocycles. The van der Waals surface area contributed by atoms with Crippen LogP contribution in [0.4, 0.5) is 17.3 Å². The normalized spacial score (nSPS) is 10.2. The molecule has 20 heavy (non-hydrogen) atoms. The number of hydrogen-bond acceptors (Lipinski definition) is 6. The molecule has 0 unspecified atom stereocenters. The zero-order valence-corrected chi connectivity index (χ0v) is 13.1. The van der Waals surface area contributed by atoms with Gasteiger partial charge in [-0.3, -0.25) is 0 Å². The number of rotatable bonds is 4. The van der Waals surface area contributed by atoms with E-state index >= 15 is 0 Å². The van der Waals surface area contributed by atoms with Crippen LogP contribution >= 0.6 is 27.5 Å². The number of hydrogen-bond donors (Lipinski definition) is 2. The van der Waals surface area contributed by atoms with E-state index in [9.17, 15) is 0 Å². The molecule has 0 spiro atoms. The molecule has 6 nitrogen and oxygen atoms in total. The van der Waals surface area contributed by atoms with E-state index in [1.807, 2.05) is 0 Å². The molecule has 1 aromatic carbocycles. The molecule has 0 saturated carbocycles. The van der Waals surface area contributed by atoms with Gasteiger partial charge in [0.25, 0.3) is 0 Å². The van der Waals surface area contributed by atoms with Crippen LogP contribution in [0.1, 0.15) is 0 Å². The van der Waals surface area contributed by atoms with Gasteiger partial charge in [0.1, 0.15) is 33.9 Å². The van der Waals surface area contributed by atoms with Crippen LogP contribution in [-0.4, -0.2) is 24.2 Å². The van der Waals surface area contributed by atoms with Crippen molar-refractivity contribution in [2.75, 3.05) is 25.3 Å². The molecule has 1 aromatic heterocycles. The summed E-state index contributed by atoms with van der Waals surface area (Å²) in [6, 6.07) is 3.37. The van der Waals surface area contributed by atoms with E-state index in [0.29, 0.717) is 38.3 Å². The molecule has 0 fully saturated rings. The molecule has 2 rings (SSSR count). The van der Waals surface area contributed by atoms with Crippen LogP contribution in [0.3, 0.4) is 0 Å². The second-order valence-electron chi connectivity index (χ2n) is 3.73. The molecule has 8 heteroatoms. The minimum absolute atomic E-state index is 0.334. The van der Waals surface area contributed by atoms with E-state index < -0.39 is 0 Å². The molecule has 0 amide bonds. The Morgan fingerprint density at radius 2 is 1.90 bits per heavy atom. The summed E-state index contributed by atoms with van der Waals surface area (Å²) in [6.07, 6.45) is 1.36. The fraction of sp³-hybridized carbons (Fsp3) is 0.167. The van der Waals surface area contributed by atoms with Gasteiger partial charge in [0, 0.05) is 6.07 Å². The van der Waals surface area contributed by atoms with Crippen molar-refractivity contribution in [3.63, 3.8) is 0 Å². The van der Waals surface area contributed by atoms with Gasteiger partial charge < -0.3 is 20.5 Å². The zero-order valence-electron chi connectivity index (χ0n) is 10.8. The smallest absolute Gasteiger partial charge is 0.150 e. The predicted molar refractivity (Wildman–Crippen MR) is 82.0 cm³/mol. The summed E-state index contributed by atoms with van der Waals surface area (Å²) in [5, 5.41) is 3.53. The van der Waals surface area contributed by atoms with Gasteiger partial charge in [0.15, 0.2) is 0 Å². The van der Waals surface area contributed by atoms with E-state index in [2.05, 4.69) is 31.2 Å². The molecule has 0 radical (unpaired) electrons. The Kier molecular flexibility index (Phi) is 4.51. The number of benzene rings is 1. The van der Waals surface area contributed by atoms with Gasteiger partial charge in [-0.15, -0.1) is 0 Å². The second-order valence-corrected chi connectivity index (χ2v) is 4.93. The Bertz CT molecular complexity index is 639. The van der Waals surface area contributed by atoms with E-state index in [4.69, 9.17) is 26.8 Å². The highest BCUT2D eigenvalue weighted by Crippen LogP contribution is 2.38. The summed E-state index contributed by atoms with van der Waals surface area (Å²) < 4.78 is 11.0. The Morgan fingerprint density at radius 1 is 1.20 bits per heavy atom. The Morgan fingerprint density at radius 3 is 2.55 bits per heavy atom. The Balaban J connectivity index is 2.42. The topological polar surface area (TPSA) is 82.3 Å². The summed E-state index contributed by atoms with van der Waals surface area (Å²) in [4.78, 5) is 7.97. The molecule has 2 aromatic rings. The number of nitrogens with one attached hydrogen (secondary N) is 1. The van der Waals surface area contributed by atoms with Gasteiger partial charge in [-0.25, -0.2) is 9.97 Å². The van der Waals surface area contributed by atoms with Crippen molar-refractivity contribution in [1.82, 2.24) is 9.97 Å². The van der Waals surface area contributed by atoms with Crippen LogP contribution in [0.25, 0.3) is 0 Å². The predicted octanol–water partition coefficient (Wildman–Crippen LogP) is 3.24. The van der Waals surface area contributed by atoms with Crippen molar-refractivity contribution in [3.05, 3.63) is 28.0 Å². The third-order valence-corrected chi connectivity index (χ3v) is 3.62. The minimum Gasteiger partial charge on any atom is -0.495 e. The first-order valence-electron chi connectivity index (χ1n) is 5.51. The van der Waals surface area contributed by atoms with Gasteiger partial charge in [0.05, 0.1) is 24.9 Å². The first-order chi connectivity index (χ1) is 9.56. The molecule has 0 aliphatic rings. The number of nitrogens with two attached hydrogens (primary N) is 1. The molecule has 0 atom stereocenters. The second kappa shape index (κ2) is 6.15. The molecule has 0 aliphatic heterocycles. The van der Waals surface area contributed by atoms with Crippen molar-refractivity contribution in [3.8, 4) is 11.5 Å². The fourth-order valence-corrected chi connectivity index (χ4v) is 2.10. The van der Waals surface area contributed by atoms with E-state index in [-0.39, 0.29) is 0 Å². The highest BCUT2D eigenvalue weighted by Gasteiger charge is 2.13. The maximum Gasteiger partial charge on any atom is 0.150 e. The average Bonchev–Trinajstić information content (AvgIpc) is 2.44. The third-order valence-electron chi connectivity index (χ3n) is 2.54. The number of aromatic nitrogens is 2. The van der Waals surface area contributed by atoms with Gasteiger partial charge >= 0.3 is 0 Å². The maximum absolute atomic E-state index is 6.11. The first-order valence-corrected chi connectivity index (χ1v) is 6.68. The van der Waals surface area contributed by atoms with E-state index in [1.165, 1.54) is 13.4 Å². The van der Waals surface area contributed by atoms with Crippen molar-refractivity contribution in [1.29, 1.82) is 0 Å². The van der Waals surface area contributed by atoms with E-state index in [1.54, 1.807) is 19.2 Å². The van der Waals surface area contributed by atoms with Crippen LogP contribution in [-0.2, 0) is 0 Å². The third kappa shape index (κ3) is 2.88. The average molecular weight is 360 g/mol. The standard InChI is InChI=1S/C12H12BrClN4O2/c1-19-8-4-9(20-2)7(3-6(8)14)18-12-10(13)11(15)16-5-17-12/h3-5H,1-2H3,(H3,15,16,17,18). The maximum atomic E-state index is 6.11. The lowest BCUT2D eigenvalue weighted by Gasteiger charge is -2.14. The van der Waals surface area contributed by atoms with Gasteiger partial charge in [-0.05, 0) is 22.0 Å². The largest absolute Gasteiger partial charge is 0.495 e. The van der Waals surface area contributed by atoms with Crippen LogP contribution in [0.5, 0.6) is 11.5 Å². The summed E-state index contributed by atoms with van der Waals surface area (Å²) in [7, 11) is 3.09. The molecular formula is C12H12BrClN4O2. The van der Waals surface area contributed by atoms with Crippen LogP contribution in [0, 0.1) is 0 Å². The fourth-order valence-electron chi connectivity index (χ4n) is 1.56. The summed E-state index contributed by atoms with van der Waals surface area (Å²) in [5.41, 5.74) is 6.34. The van der Waals surface area contributed by atoms with Crippen molar-refractivity contribution in [2.45, 2.75) is 0 Å².